The van der Waals surface area contributed by atoms with Crippen molar-refractivity contribution in [2.75, 3.05) is 14.2 Å². The number of carboxylic acid groups (broad SMARTS) is 1. The van der Waals surface area contributed by atoms with Crippen LogP contribution in [0.2, 0.25) is 0 Å². The van der Waals surface area contributed by atoms with Gasteiger partial charge in [-0.3, -0.25) is 4.79 Å². The van der Waals surface area contributed by atoms with Crippen molar-refractivity contribution in [3.8, 4) is 11.5 Å². The van der Waals surface area contributed by atoms with Gasteiger partial charge in [-0.25, -0.2) is 4.79 Å². The van der Waals surface area contributed by atoms with E-state index in [1.807, 2.05) is 12.1 Å². The second-order valence-electron chi connectivity index (χ2n) is 5.74. The maximum Gasteiger partial charge on any atom is 0.326 e. The average molecular weight is 321 g/mol. The van der Waals surface area contributed by atoms with E-state index in [9.17, 15) is 9.59 Å². The lowest BCUT2D eigenvalue weighted by molar-refractivity contribution is -0.150. The van der Waals surface area contributed by atoms with Crippen LogP contribution in [0.5, 0.6) is 11.5 Å². The Morgan fingerprint density at radius 3 is 2.43 bits per heavy atom. The number of aliphatic carboxylic acids is 1. The van der Waals surface area contributed by atoms with Crippen molar-refractivity contribution in [3.05, 3.63) is 23.8 Å². The van der Waals surface area contributed by atoms with Crippen LogP contribution < -0.4 is 9.47 Å². The molecule has 1 aromatic rings. The number of rotatable bonds is 8. The third-order valence-electron chi connectivity index (χ3n) is 4.08. The predicted molar refractivity (Wildman–Crippen MR) is 84.8 cm³/mol. The highest BCUT2D eigenvalue weighted by Gasteiger charge is 2.37. The summed E-state index contributed by atoms with van der Waals surface area (Å²) in [6, 6.07) is 4.83. The number of carbonyl (C=O) groups is 2. The summed E-state index contributed by atoms with van der Waals surface area (Å²) in [4.78, 5) is 25.1. The second kappa shape index (κ2) is 7.35. The summed E-state index contributed by atoms with van der Waals surface area (Å²) >= 11 is 0. The topological polar surface area (TPSA) is 76.1 Å². The molecule has 0 aromatic heterocycles. The Kier molecular flexibility index (Phi) is 5.47. The third-order valence-corrected chi connectivity index (χ3v) is 4.08. The van der Waals surface area contributed by atoms with Crippen LogP contribution in [0.4, 0.5) is 0 Å². The van der Waals surface area contributed by atoms with E-state index in [0.717, 1.165) is 18.4 Å². The van der Waals surface area contributed by atoms with E-state index in [0.29, 0.717) is 17.9 Å². The number of amides is 1. The summed E-state index contributed by atoms with van der Waals surface area (Å²) in [5, 5.41) is 9.16. The third kappa shape index (κ3) is 4.15. The lowest BCUT2D eigenvalue weighted by Gasteiger charge is -2.26. The highest BCUT2D eigenvalue weighted by molar-refractivity contribution is 5.84. The van der Waals surface area contributed by atoms with Crippen LogP contribution in [-0.2, 0) is 16.0 Å². The predicted octanol–water partition coefficient (Wildman–Crippen LogP) is 2.10. The zero-order valence-electron chi connectivity index (χ0n) is 13.7. The quantitative estimate of drug-likeness (QED) is 0.793. The molecule has 23 heavy (non-hydrogen) atoms. The first-order valence-corrected chi connectivity index (χ1v) is 7.72. The number of hydrogen-bond donors (Lipinski definition) is 1. The van der Waals surface area contributed by atoms with Gasteiger partial charge < -0.3 is 19.5 Å². The molecule has 1 saturated carbocycles. The summed E-state index contributed by atoms with van der Waals surface area (Å²) in [5.41, 5.74) is 0.953. The van der Waals surface area contributed by atoms with Crippen molar-refractivity contribution >= 4 is 11.9 Å². The van der Waals surface area contributed by atoms with Gasteiger partial charge in [-0.1, -0.05) is 6.07 Å². The van der Waals surface area contributed by atoms with Crippen molar-refractivity contribution in [1.29, 1.82) is 0 Å². The van der Waals surface area contributed by atoms with Crippen LogP contribution in [0.25, 0.3) is 0 Å². The molecule has 0 aliphatic heterocycles. The molecule has 1 unspecified atom stereocenters. The maximum atomic E-state index is 12.4. The van der Waals surface area contributed by atoms with Gasteiger partial charge in [0.05, 0.1) is 14.2 Å². The normalized spacial score (nSPS) is 14.9. The lowest BCUT2D eigenvalue weighted by atomic mass is 10.1. The zero-order valence-corrected chi connectivity index (χ0v) is 13.7. The van der Waals surface area contributed by atoms with E-state index in [1.165, 1.54) is 4.90 Å². The van der Waals surface area contributed by atoms with Crippen molar-refractivity contribution in [2.24, 2.45) is 0 Å². The number of aryl methyl sites for hydroxylation is 1. The molecule has 1 fully saturated rings. The van der Waals surface area contributed by atoms with Gasteiger partial charge in [0, 0.05) is 12.5 Å². The van der Waals surface area contributed by atoms with E-state index in [4.69, 9.17) is 14.6 Å². The summed E-state index contributed by atoms with van der Waals surface area (Å²) in [5.74, 6) is 0.186. The highest BCUT2D eigenvalue weighted by Crippen LogP contribution is 2.31. The van der Waals surface area contributed by atoms with E-state index < -0.39 is 12.0 Å². The molecule has 0 saturated heterocycles. The Balaban J connectivity index is 2.01. The zero-order chi connectivity index (χ0) is 17.0. The van der Waals surface area contributed by atoms with Gasteiger partial charge in [0.15, 0.2) is 11.5 Å². The molecule has 0 radical (unpaired) electrons. The first kappa shape index (κ1) is 17.1. The monoisotopic (exact) mass is 321 g/mol. The summed E-state index contributed by atoms with van der Waals surface area (Å²) in [7, 11) is 3.14. The number of nitrogens with zero attached hydrogens (tertiary/aromatic N) is 1. The van der Waals surface area contributed by atoms with Gasteiger partial charge in [0.2, 0.25) is 5.91 Å². The van der Waals surface area contributed by atoms with E-state index in [2.05, 4.69) is 0 Å². The van der Waals surface area contributed by atoms with Crippen LogP contribution >= 0.6 is 0 Å². The molecule has 0 heterocycles. The number of benzene rings is 1. The molecule has 1 amide bonds. The summed E-state index contributed by atoms with van der Waals surface area (Å²) in [6.45, 7) is 1.56. The Labute approximate surface area is 136 Å². The molecule has 126 valence electrons. The minimum atomic E-state index is -0.962. The Bertz CT molecular complexity index is 582. The van der Waals surface area contributed by atoms with Gasteiger partial charge in [-0.2, -0.15) is 0 Å². The van der Waals surface area contributed by atoms with Gasteiger partial charge in [-0.05, 0) is 43.9 Å². The number of hydrogen-bond acceptors (Lipinski definition) is 4. The fraction of sp³-hybridized carbons (Fsp3) is 0.529. The van der Waals surface area contributed by atoms with Crippen LogP contribution in [-0.4, -0.2) is 48.2 Å². The number of ether oxygens (including phenoxy) is 2. The van der Waals surface area contributed by atoms with Crippen LogP contribution in [0, 0.1) is 0 Å². The van der Waals surface area contributed by atoms with E-state index in [1.54, 1.807) is 27.2 Å². The number of carboxylic acids is 1. The molecule has 1 aliphatic carbocycles. The molecular weight excluding hydrogens is 298 g/mol. The largest absolute Gasteiger partial charge is 0.493 e. The number of methoxy groups -OCH3 is 2. The molecule has 1 aliphatic rings. The van der Waals surface area contributed by atoms with Gasteiger partial charge in [0.1, 0.15) is 6.04 Å². The molecule has 6 nitrogen and oxygen atoms in total. The summed E-state index contributed by atoms with van der Waals surface area (Å²) < 4.78 is 10.4. The first-order chi connectivity index (χ1) is 11.0. The molecule has 2 rings (SSSR count). The fourth-order valence-corrected chi connectivity index (χ4v) is 2.62. The Morgan fingerprint density at radius 1 is 1.26 bits per heavy atom. The van der Waals surface area contributed by atoms with Crippen LogP contribution in [0.15, 0.2) is 18.2 Å². The minimum absolute atomic E-state index is 0.0824. The molecule has 6 heteroatoms. The fourth-order valence-electron chi connectivity index (χ4n) is 2.62. The second-order valence-corrected chi connectivity index (χ2v) is 5.74. The van der Waals surface area contributed by atoms with Gasteiger partial charge in [0.25, 0.3) is 0 Å². The minimum Gasteiger partial charge on any atom is -0.493 e. The van der Waals surface area contributed by atoms with Crippen molar-refractivity contribution in [2.45, 2.75) is 44.7 Å². The Hall–Kier alpha value is -2.24. The molecule has 0 spiro atoms. The van der Waals surface area contributed by atoms with Crippen molar-refractivity contribution < 1.29 is 24.2 Å². The Morgan fingerprint density at radius 2 is 1.91 bits per heavy atom. The van der Waals surface area contributed by atoms with Gasteiger partial charge >= 0.3 is 5.97 Å². The average Bonchev–Trinajstić information content (AvgIpc) is 3.37. The van der Waals surface area contributed by atoms with E-state index >= 15 is 0 Å². The van der Waals surface area contributed by atoms with Crippen LogP contribution in [0.3, 0.4) is 0 Å². The first-order valence-electron chi connectivity index (χ1n) is 7.72. The van der Waals surface area contributed by atoms with Crippen molar-refractivity contribution in [3.63, 3.8) is 0 Å². The van der Waals surface area contributed by atoms with E-state index in [-0.39, 0.29) is 18.4 Å². The lowest BCUT2D eigenvalue weighted by Crippen LogP contribution is -2.44. The smallest absolute Gasteiger partial charge is 0.326 e. The summed E-state index contributed by atoms with van der Waals surface area (Å²) in [6.07, 6.45) is 2.60. The van der Waals surface area contributed by atoms with Crippen molar-refractivity contribution in [1.82, 2.24) is 4.90 Å². The standard InChI is InChI=1S/C17H23NO5/c1-11(17(20)21)18(13-6-7-13)16(19)9-5-12-4-8-14(22-2)15(10-12)23-3/h4,8,10-11,13H,5-7,9H2,1-3H3,(H,20,21). The SMILES string of the molecule is COc1ccc(CCC(=O)N(C2CC2)C(C)C(=O)O)cc1OC. The number of carbonyl (C=O) groups excluding carboxylic acids is 1. The molecule has 1 N–H and O–H groups in total. The van der Waals surface area contributed by atoms with Gasteiger partial charge in [-0.15, -0.1) is 0 Å². The molecule has 0 bridgehead atoms. The highest BCUT2D eigenvalue weighted by atomic mass is 16.5. The maximum absolute atomic E-state index is 12.4. The molecule has 1 aromatic carbocycles. The molecular formula is C17H23NO5. The van der Waals surface area contributed by atoms with Crippen LogP contribution in [0.1, 0.15) is 31.7 Å². The molecule has 1 atom stereocenters.